The Hall–Kier alpha value is -2.96. The van der Waals surface area contributed by atoms with Crippen LogP contribution in [0.5, 0.6) is 5.88 Å². The van der Waals surface area contributed by atoms with Gasteiger partial charge in [0.05, 0.1) is 18.3 Å². The number of anilines is 1. The Morgan fingerprint density at radius 2 is 2.03 bits per heavy atom. The van der Waals surface area contributed by atoms with Crippen LogP contribution in [0.3, 0.4) is 0 Å². The number of hydrogen-bond acceptors (Lipinski definition) is 8. The molecular weight excluding hydrogens is 443 g/mol. The van der Waals surface area contributed by atoms with Gasteiger partial charge in [-0.1, -0.05) is 17.4 Å². The van der Waals surface area contributed by atoms with Crippen molar-refractivity contribution in [1.29, 1.82) is 0 Å². The maximum absolute atomic E-state index is 14.5. The molecule has 1 aliphatic rings. The number of piperidine rings is 1. The number of nitrogens with zero attached hydrogens (tertiary/aromatic N) is 6. The first-order valence-electron chi connectivity index (χ1n) is 9.11. The van der Waals surface area contributed by atoms with Crippen LogP contribution in [0.1, 0.15) is 12.1 Å². The molecule has 0 spiro atoms. The minimum Gasteiger partial charge on any atom is -0.477 e. The van der Waals surface area contributed by atoms with E-state index in [0.717, 1.165) is 12.1 Å². The number of alkyl halides is 5. The maximum atomic E-state index is 14.5. The van der Waals surface area contributed by atoms with Gasteiger partial charge in [0, 0.05) is 25.6 Å². The summed E-state index contributed by atoms with van der Waals surface area (Å²) in [5.41, 5.74) is 0.865. The van der Waals surface area contributed by atoms with E-state index in [4.69, 9.17) is 4.74 Å². The number of aromatic nitrogens is 5. The van der Waals surface area contributed by atoms with Gasteiger partial charge < -0.3 is 9.64 Å². The monoisotopic (exact) mass is 458 g/mol. The van der Waals surface area contributed by atoms with E-state index in [0.29, 0.717) is 16.5 Å². The Balaban J connectivity index is 1.48. The molecule has 3 aromatic heterocycles. The minimum atomic E-state index is -4.65. The average Bonchev–Trinajstić information content (AvgIpc) is 3.27. The Labute approximate surface area is 177 Å². The Morgan fingerprint density at radius 3 is 2.77 bits per heavy atom. The third kappa shape index (κ3) is 4.86. The van der Waals surface area contributed by atoms with Crippen molar-refractivity contribution in [3.05, 3.63) is 41.8 Å². The van der Waals surface area contributed by atoms with Crippen LogP contribution in [0.15, 0.2) is 36.1 Å². The van der Waals surface area contributed by atoms with Gasteiger partial charge in [-0.15, -0.1) is 10.2 Å². The van der Waals surface area contributed by atoms with Crippen LogP contribution >= 0.6 is 11.3 Å². The van der Waals surface area contributed by atoms with Gasteiger partial charge in [0.25, 0.3) is 5.92 Å². The second kappa shape index (κ2) is 8.29. The van der Waals surface area contributed by atoms with E-state index >= 15 is 0 Å². The van der Waals surface area contributed by atoms with Crippen molar-refractivity contribution in [2.24, 2.45) is 5.92 Å². The van der Waals surface area contributed by atoms with E-state index in [1.54, 1.807) is 10.4 Å². The van der Waals surface area contributed by atoms with Crippen molar-refractivity contribution in [3.8, 4) is 16.6 Å². The zero-order valence-corrected chi connectivity index (χ0v) is 16.6. The van der Waals surface area contributed by atoms with Gasteiger partial charge in [0.1, 0.15) is 29.3 Å². The highest BCUT2D eigenvalue weighted by molar-refractivity contribution is 7.12. The van der Waals surface area contributed by atoms with E-state index in [9.17, 15) is 22.0 Å². The zero-order valence-electron chi connectivity index (χ0n) is 15.8. The molecule has 7 nitrogen and oxygen atoms in total. The third-order valence-electron chi connectivity index (χ3n) is 4.72. The van der Waals surface area contributed by atoms with Gasteiger partial charge in [-0.25, -0.2) is 18.7 Å². The molecule has 0 bridgehead atoms. The Kier molecular flexibility index (Phi) is 5.69. The first kappa shape index (κ1) is 21.3. The molecule has 1 saturated heterocycles. The van der Waals surface area contributed by atoms with Crippen molar-refractivity contribution < 1.29 is 26.7 Å². The minimum absolute atomic E-state index is 0.0412. The van der Waals surface area contributed by atoms with Crippen molar-refractivity contribution >= 4 is 17.2 Å². The molecule has 1 aliphatic heterocycles. The lowest BCUT2D eigenvalue weighted by molar-refractivity contribution is -0.141. The first-order valence-corrected chi connectivity index (χ1v) is 9.99. The van der Waals surface area contributed by atoms with Gasteiger partial charge >= 0.3 is 6.18 Å². The van der Waals surface area contributed by atoms with Gasteiger partial charge in [-0.05, 0) is 6.07 Å². The zero-order chi connectivity index (χ0) is 22.1. The molecule has 31 heavy (non-hydrogen) atoms. The Bertz CT molecular complexity index is 1030. The molecule has 0 N–H and O–H groups in total. The highest BCUT2D eigenvalue weighted by Gasteiger charge is 2.45. The van der Waals surface area contributed by atoms with Crippen LogP contribution in [0.25, 0.3) is 10.7 Å². The van der Waals surface area contributed by atoms with Crippen molar-refractivity contribution in [3.63, 3.8) is 0 Å². The first-order chi connectivity index (χ1) is 14.7. The lowest BCUT2D eigenvalue weighted by atomic mass is 9.94. The molecule has 13 heteroatoms. The van der Waals surface area contributed by atoms with Gasteiger partial charge in [0.15, 0.2) is 5.01 Å². The summed E-state index contributed by atoms with van der Waals surface area (Å²) >= 11 is 1.27. The van der Waals surface area contributed by atoms with Crippen LogP contribution in [-0.4, -0.2) is 50.8 Å². The summed E-state index contributed by atoms with van der Waals surface area (Å²) in [4.78, 5) is 13.5. The fraction of sp³-hybridized carbons (Fsp3) is 0.389. The molecule has 1 fully saturated rings. The van der Waals surface area contributed by atoms with Crippen molar-refractivity contribution in [2.75, 3.05) is 24.6 Å². The van der Waals surface area contributed by atoms with Crippen LogP contribution in [0.2, 0.25) is 0 Å². The van der Waals surface area contributed by atoms with E-state index in [1.165, 1.54) is 29.8 Å². The molecule has 4 rings (SSSR count). The number of pyridine rings is 1. The molecule has 0 aliphatic carbocycles. The summed E-state index contributed by atoms with van der Waals surface area (Å²) in [7, 11) is 0. The second-order valence-electron chi connectivity index (χ2n) is 6.83. The fourth-order valence-corrected chi connectivity index (χ4v) is 3.60. The summed E-state index contributed by atoms with van der Waals surface area (Å²) in [6.45, 7) is -0.568. The normalized spacial score (nSPS) is 18.7. The van der Waals surface area contributed by atoms with E-state index < -0.39 is 36.7 Å². The average molecular weight is 458 g/mol. The van der Waals surface area contributed by atoms with E-state index in [2.05, 4.69) is 25.1 Å². The molecule has 1 atom stereocenters. The number of ether oxygens (including phenoxy) is 1. The largest absolute Gasteiger partial charge is 0.477 e. The van der Waals surface area contributed by atoms with E-state index in [-0.39, 0.29) is 19.0 Å². The Morgan fingerprint density at radius 1 is 1.19 bits per heavy atom. The SMILES string of the molecule is FC(F)(F)c1cccc(OCC2CN(c3cncc(-c4nncs4)n3)CCC2(F)F)n1. The quantitative estimate of drug-likeness (QED) is 0.536. The van der Waals surface area contributed by atoms with Crippen LogP contribution in [0.4, 0.5) is 27.8 Å². The van der Waals surface area contributed by atoms with Crippen LogP contribution in [0, 0.1) is 5.92 Å². The molecule has 4 heterocycles. The standard InChI is InChI=1S/C18H15F5N6OS/c19-17(20)4-5-29(14-7-24-6-12(26-14)16-28-25-10-31-16)8-11(17)9-30-15-3-1-2-13(27-15)18(21,22)23/h1-3,6-7,10-11H,4-5,8-9H2. The molecular formula is C18H15F5N6OS. The topological polar surface area (TPSA) is 76.9 Å². The number of halogens is 5. The highest BCUT2D eigenvalue weighted by Crippen LogP contribution is 2.36. The van der Waals surface area contributed by atoms with Gasteiger partial charge in [0.2, 0.25) is 5.88 Å². The summed E-state index contributed by atoms with van der Waals surface area (Å²) in [6, 6.07) is 3.10. The maximum Gasteiger partial charge on any atom is 0.433 e. The summed E-state index contributed by atoms with van der Waals surface area (Å²) in [5.74, 6) is -4.29. The smallest absolute Gasteiger partial charge is 0.433 e. The molecule has 0 radical (unpaired) electrons. The molecule has 1 unspecified atom stereocenters. The van der Waals surface area contributed by atoms with E-state index in [1.807, 2.05) is 0 Å². The molecule has 0 amide bonds. The summed E-state index contributed by atoms with van der Waals surface area (Å²) < 4.78 is 72.5. The fourth-order valence-electron chi connectivity index (χ4n) is 3.10. The van der Waals surface area contributed by atoms with Gasteiger partial charge in [-0.2, -0.15) is 13.2 Å². The molecule has 164 valence electrons. The van der Waals surface area contributed by atoms with Crippen LogP contribution < -0.4 is 9.64 Å². The molecule has 3 aromatic rings. The third-order valence-corrected chi connectivity index (χ3v) is 5.44. The molecule has 0 saturated carbocycles. The van der Waals surface area contributed by atoms with Crippen molar-refractivity contribution in [2.45, 2.75) is 18.5 Å². The lowest BCUT2D eigenvalue weighted by Crippen LogP contribution is -2.49. The van der Waals surface area contributed by atoms with Crippen molar-refractivity contribution in [1.82, 2.24) is 25.1 Å². The number of hydrogen-bond donors (Lipinski definition) is 0. The summed E-state index contributed by atoms with van der Waals surface area (Å²) in [6.07, 6.45) is -2.15. The number of rotatable bonds is 5. The predicted octanol–water partition coefficient (Wildman–Crippen LogP) is 3.95. The summed E-state index contributed by atoms with van der Waals surface area (Å²) in [5, 5.41) is 8.21. The van der Waals surface area contributed by atoms with Gasteiger partial charge in [-0.3, -0.25) is 4.98 Å². The predicted molar refractivity (Wildman–Crippen MR) is 101 cm³/mol. The second-order valence-corrected chi connectivity index (χ2v) is 7.66. The highest BCUT2D eigenvalue weighted by atomic mass is 32.1. The molecule has 0 aromatic carbocycles. The van der Waals surface area contributed by atoms with Crippen LogP contribution in [-0.2, 0) is 6.18 Å². The lowest BCUT2D eigenvalue weighted by Gasteiger charge is -2.38.